The average molecular weight is 287 g/mol. The zero-order chi connectivity index (χ0) is 14.8. The summed E-state index contributed by atoms with van der Waals surface area (Å²) in [4.78, 5) is 25.4. The van der Waals surface area contributed by atoms with Crippen molar-refractivity contribution in [3.8, 4) is 11.6 Å². The topological polar surface area (TPSA) is 81.9 Å². The molecule has 0 atom stereocenters. The molecule has 0 aromatic carbocycles. The van der Waals surface area contributed by atoms with Crippen molar-refractivity contribution in [1.29, 1.82) is 0 Å². The highest BCUT2D eigenvalue weighted by Crippen LogP contribution is 2.21. The van der Waals surface area contributed by atoms with E-state index in [1.807, 2.05) is 17.8 Å². The Balaban J connectivity index is 2.13. The van der Waals surface area contributed by atoms with Crippen molar-refractivity contribution in [1.82, 2.24) is 24.8 Å². The van der Waals surface area contributed by atoms with Gasteiger partial charge in [-0.15, -0.1) is 0 Å². The zero-order valence-electron chi connectivity index (χ0n) is 12.1. The molecule has 0 saturated heterocycles. The maximum absolute atomic E-state index is 12.2. The van der Waals surface area contributed by atoms with Crippen molar-refractivity contribution < 1.29 is 9.53 Å². The molecule has 7 nitrogen and oxygen atoms in total. The summed E-state index contributed by atoms with van der Waals surface area (Å²) in [7, 11) is 1.87. The Kier molecular flexibility index (Phi) is 3.66. The number of esters is 1. The Morgan fingerprint density at radius 2 is 2.33 bits per heavy atom. The number of rotatable bonds is 3. The number of carbonyl (C=O) groups is 1. The summed E-state index contributed by atoms with van der Waals surface area (Å²) in [6, 6.07) is 0. The van der Waals surface area contributed by atoms with E-state index < -0.39 is 5.97 Å². The molecule has 3 rings (SSSR count). The number of nitrogens with zero attached hydrogens (tertiary/aromatic N) is 4. The van der Waals surface area contributed by atoms with E-state index in [4.69, 9.17) is 4.74 Å². The second-order valence-electron chi connectivity index (χ2n) is 4.83. The number of imidazole rings is 1. The second-order valence-corrected chi connectivity index (χ2v) is 4.83. The molecule has 0 amide bonds. The van der Waals surface area contributed by atoms with Crippen LogP contribution in [-0.2, 0) is 24.8 Å². The molecule has 1 aliphatic rings. The molecule has 0 radical (unpaired) electrons. The molecule has 1 aliphatic heterocycles. The average Bonchev–Trinajstić information content (AvgIpc) is 2.92. The Bertz CT molecular complexity index is 680. The van der Waals surface area contributed by atoms with E-state index in [1.54, 1.807) is 13.1 Å². The van der Waals surface area contributed by atoms with Crippen LogP contribution in [0.25, 0.3) is 11.6 Å². The lowest BCUT2D eigenvalue weighted by Crippen LogP contribution is -2.28. The molecule has 0 unspecified atom stereocenters. The summed E-state index contributed by atoms with van der Waals surface area (Å²) in [5.74, 6) is 0.698. The van der Waals surface area contributed by atoms with E-state index >= 15 is 0 Å². The van der Waals surface area contributed by atoms with Gasteiger partial charge in [0.2, 0.25) is 0 Å². The summed E-state index contributed by atoms with van der Waals surface area (Å²) in [6.07, 6.45) is 4.27. The summed E-state index contributed by atoms with van der Waals surface area (Å²) >= 11 is 0. The molecule has 0 aliphatic carbocycles. The summed E-state index contributed by atoms with van der Waals surface area (Å²) in [6.45, 7) is 3.53. The van der Waals surface area contributed by atoms with Gasteiger partial charge < -0.3 is 14.6 Å². The minimum Gasteiger partial charge on any atom is -0.461 e. The van der Waals surface area contributed by atoms with E-state index in [-0.39, 0.29) is 0 Å². The molecule has 7 heteroatoms. The maximum Gasteiger partial charge on any atom is 0.357 e. The first kappa shape index (κ1) is 13.7. The number of hydrogen-bond acceptors (Lipinski definition) is 6. The van der Waals surface area contributed by atoms with Crippen molar-refractivity contribution in [3.63, 3.8) is 0 Å². The number of nitrogens with one attached hydrogen (secondary N) is 1. The fourth-order valence-electron chi connectivity index (χ4n) is 2.39. The highest BCUT2D eigenvalue weighted by atomic mass is 16.5. The smallest absolute Gasteiger partial charge is 0.357 e. The van der Waals surface area contributed by atoms with Gasteiger partial charge in [-0.2, -0.15) is 0 Å². The molecular formula is C14H17N5O2. The predicted octanol–water partition coefficient (Wildman–Crippen LogP) is 0.699. The third-order valence-corrected chi connectivity index (χ3v) is 3.42. The van der Waals surface area contributed by atoms with E-state index in [0.29, 0.717) is 30.5 Å². The third kappa shape index (κ3) is 2.52. The van der Waals surface area contributed by atoms with E-state index in [2.05, 4.69) is 20.3 Å². The highest BCUT2D eigenvalue weighted by Gasteiger charge is 2.24. The normalized spacial score (nSPS) is 13.8. The van der Waals surface area contributed by atoms with Crippen LogP contribution in [0.3, 0.4) is 0 Å². The fraction of sp³-hybridized carbons (Fsp3) is 0.429. The summed E-state index contributed by atoms with van der Waals surface area (Å²) in [5, 5.41) is 3.24. The van der Waals surface area contributed by atoms with Gasteiger partial charge in [0, 0.05) is 44.5 Å². The fourth-order valence-corrected chi connectivity index (χ4v) is 2.39. The molecule has 110 valence electrons. The van der Waals surface area contributed by atoms with Gasteiger partial charge in [0.15, 0.2) is 17.3 Å². The Hall–Kier alpha value is -2.28. The van der Waals surface area contributed by atoms with Gasteiger partial charge in [-0.05, 0) is 6.92 Å². The molecular weight excluding hydrogens is 270 g/mol. The van der Waals surface area contributed by atoms with Crippen LogP contribution in [0.5, 0.6) is 0 Å². The van der Waals surface area contributed by atoms with Crippen LogP contribution in [0.4, 0.5) is 0 Å². The zero-order valence-corrected chi connectivity index (χ0v) is 12.1. The molecule has 3 heterocycles. The number of aromatic nitrogens is 4. The van der Waals surface area contributed by atoms with Crippen LogP contribution >= 0.6 is 0 Å². The lowest BCUT2D eigenvalue weighted by molar-refractivity contribution is 0.0517. The molecule has 0 bridgehead atoms. The monoisotopic (exact) mass is 287 g/mol. The number of carbonyl (C=O) groups excluding carboxylic acids is 1. The first-order valence-electron chi connectivity index (χ1n) is 6.96. The van der Waals surface area contributed by atoms with Gasteiger partial charge in [0.05, 0.1) is 12.3 Å². The number of ether oxygens (including phenoxy) is 1. The third-order valence-electron chi connectivity index (χ3n) is 3.42. The number of hydrogen-bond donors (Lipinski definition) is 1. The first-order chi connectivity index (χ1) is 10.2. The minimum absolute atomic E-state index is 0.322. The van der Waals surface area contributed by atoms with Crippen molar-refractivity contribution in [2.24, 2.45) is 7.05 Å². The van der Waals surface area contributed by atoms with Crippen molar-refractivity contribution in [2.45, 2.75) is 19.9 Å². The van der Waals surface area contributed by atoms with Crippen LogP contribution in [-0.4, -0.2) is 38.6 Å². The first-order valence-corrected chi connectivity index (χ1v) is 6.96. The van der Waals surface area contributed by atoms with Crippen molar-refractivity contribution in [3.05, 3.63) is 29.3 Å². The minimum atomic E-state index is -0.407. The van der Waals surface area contributed by atoms with Crippen LogP contribution in [0.2, 0.25) is 0 Å². The Morgan fingerprint density at radius 1 is 1.48 bits per heavy atom. The Morgan fingerprint density at radius 3 is 3.05 bits per heavy atom. The highest BCUT2D eigenvalue weighted by molar-refractivity contribution is 5.89. The molecule has 0 saturated carbocycles. The maximum atomic E-state index is 12.2. The lowest BCUT2D eigenvalue weighted by Gasteiger charge is -2.19. The lowest BCUT2D eigenvalue weighted by atomic mass is 10.1. The van der Waals surface area contributed by atoms with Gasteiger partial charge in [-0.25, -0.2) is 19.7 Å². The van der Waals surface area contributed by atoms with Crippen LogP contribution < -0.4 is 5.32 Å². The quantitative estimate of drug-likeness (QED) is 0.837. The molecule has 1 N–H and O–H groups in total. The SMILES string of the molecule is CCOC(=O)c1nc(-c2nccn2C)nc2c1CNCC2. The van der Waals surface area contributed by atoms with Gasteiger partial charge in [-0.1, -0.05) is 0 Å². The van der Waals surface area contributed by atoms with Gasteiger partial charge in [0.1, 0.15) is 0 Å². The van der Waals surface area contributed by atoms with Crippen LogP contribution in [0, 0.1) is 0 Å². The van der Waals surface area contributed by atoms with Crippen molar-refractivity contribution in [2.75, 3.05) is 13.2 Å². The molecule has 0 fully saturated rings. The number of aryl methyl sites for hydroxylation is 1. The van der Waals surface area contributed by atoms with Gasteiger partial charge >= 0.3 is 5.97 Å². The number of fused-ring (bicyclic) bond motifs is 1. The standard InChI is InChI=1S/C14H17N5O2/c1-3-21-14(20)11-9-8-15-5-4-10(9)17-12(18-11)13-16-6-7-19(13)2/h6-7,15H,3-5,8H2,1-2H3. The van der Waals surface area contributed by atoms with E-state index in [0.717, 1.165) is 24.2 Å². The summed E-state index contributed by atoms with van der Waals surface area (Å²) in [5.41, 5.74) is 2.06. The Labute approximate surface area is 122 Å². The molecule has 2 aromatic rings. The molecule has 2 aromatic heterocycles. The molecule has 21 heavy (non-hydrogen) atoms. The van der Waals surface area contributed by atoms with Crippen molar-refractivity contribution >= 4 is 5.97 Å². The molecule has 0 spiro atoms. The second kappa shape index (κ2) is 5.61. The van der Waals surface area contributed by atoms with Crippen LogP contribution in [0.15, 0.2) is 12.4 Å². The largest absolute Gasteiger partial charge is 0.461 e. The van der Waals surface area contributed by atoms with E-state index in [1.165, 1.54) is 0 Å². The van der Waals surface area contributed by atoms with E-state index in [9.17, 15) is 4.79 Å². The van der Waals surface area contributed by atoms with Gasteiger partial charge in [-0.3, -0.25) is 0 Å². The van der Waals surface area contributed by atoms with Crippen LogP contribution in [0.1, 0.15) is 28.7 Å². The predicted molar refractivity (Wildman–Crippen MR) is 75.6 cm³/mol. The van der Waals surface area contributed by atoms with Gasteiger partial charge in [0.25, 0.3) is 0 Å². The summed E-state index contributed by atoms with van der Waals surface area (Å²) < 4.78 is 6.94.